The van der Waals surface area contributed by atoms with Crippen LogP contribution in [0.25, 0.3) is 5.69 Å². The van der Waals surface area contributed by atoms with Gasteiger partial charge in [0.2, 0.25) is 0 Å². The predicted octanol–water partition coefficient (Wildman–Crippen LogP) is 5.02. The van der Waals surface area contributed by atoms with Gasteiger partial charge in [-0.15, -0.1) is 11.3 Å². The Balaban J connectivity index is 1.38. The molecule has 0 bridgehead atoms. The first kappa shape index (κ1) is 20.8. The Kier molecular flexibility index (Phi) is 6.13. The number of hydrogen-bond acceptors (Lipinski definition) is 5. The van der Waals surface area contributed by atoms with E-state index in [1.54, 1.807) is 12.5 Å². The smallest absolute Gasteiger partial charge is 0.263 e. The Labute approximate surface area is 185 Å². The molecule has 0 fully saturated rings. The molecular weight excluding hydrogens is 408 g/mol. The summed E-state index contributed by atoms with van der Waals surface area (Å²) in [5.74, 6) is 0.667. The van der Waals surface area contributed by atoms with Crippen LogP contribution in [-0.4, -0.2) is 20.4 Å². The van der Waals surface area contributed by atoms with E-state index in [4.69, 9.17) is 4.74 Å². The number of ether oxygens (including phenoxy) is 1. The molecule has 4 rings (SSSR count). The highest BCUT2D eigenvalue weighted by atomic mass is 32.1. The molecule has 0 aliphatic rings. The van der Waals surface area contributed by atoms with Crippen LogP contribution >= 0.6 is 11.3 Å². The number of benzene rings is 2. The summed E-state index contributed by atoms with van der Waals surface area (Å²) in [6, 6.07) is 15.8. The first-order valence-electron chi connectivity index (χ1n) is 10.0. The molecular formula is C24H24N4O2S. The van der Waals surface area contributed by atoms with Crippen LogP contribution in [0.5, 0.6) is 5.75 Å². The Morgan fingerprint density at radius 2 is 1.87 bits per heavy atom. The molecule has 31 heavy (non-hydrogen) atoms. The first-order chi connectivity index (χ1) is 15.0. The van der Waals surface area contributed by atoms with Crippen molar-refractivity contribution in [3.05, 3.63) is 94.0 Å². The maximum absolute atomic E-state index is 12.8. The zero-order valence-corrected chi connectivity index (χ0v) is 18.5. The summed E-state index contributed by atoms with van der Waals surface area (Å²) < 4.78 is 7.74. The van der Waals surface area contributed by atoms with Crippen LogP contribution in [0.2, 0.25) is 0 Å². The van der Waals surface area contributed by atoms with Gasteiger partial charge < -0.3 is 14.6 Å². The summed E-state index contributed by atoms with van der Waals surface area (Å²) in [4.78, 5) is 22.0. The molecule has 1 amide bonds. The van der Waals surface area contributed by atoms with E-state index in [2.05, 4.69) is 15.3 Å². The molecule has 2 heterocycles. The molecule has 7 heteroatoms. The lowest BCUT2D eigenvalue weighted by molar-refractivity contribution is 0.0943. The van der Waals surface area contributed by atoms with Gasteiger partial charge in [-0.05, 0) is 50.6 Å². The molecule has 2 aromatic heterocycles. The number of hydrogen-bond donors (Lipinski definition) is 1. The summed E-state index contributed by atoms with van der Waals surface area (Å²) in [5.41, 5.74) is 3.95. The van der Waals surface area contributed by atoms with E-state index >= 15 is 0 Å². The molecule has 2 aromatic carbocycles. The summed E-state index contributed by atoms with van der Waals surface area (Å²) >= 11 is 1.37. The third-order valence-corrected chi connectivity index (χ3v) is 6.10. The summed E-state index contributed by atoms with van der Waals surface area (Å²) in [7, 11) is 0. The van der Waals surface area contributed by atoms with Crippen molar-refractivity contribution in [2.45, 2.75) is 33.4 Å². The Hall–Kier alpha value is -3.45. The monoisotopic (exact) mass is 432 g/mol. The molecule has 1 atom stereocenters. The van der Waals surface area contributed by atoms with Crippen LogP contribution in [0, 0.1) is 13.8 Å². The number of carbonyl (C=O) groups is 1. The van der Waals surface area contributed by atoms with E-state index in [1.165, 1.54) is 16.9 Å². The van der Waals surface area contributed by atoms with Crippen LogP contribution < -0.4 is 10.1 Å². The molecule has 0 spiro atoms. The minimum atomic E-state index is -0.127. The van der Waals surface area contributed by atoms with Gasteiger partial charge in [0, 0.05) is 18.1 Å². The van der Waals surface area contributed by atoms with Gasteiger partial charge in [0.1, 0.15) is 22.2 Å². The van der Waals surface area contributed by atoms with Crippen LogP contribution in [-0.2, 0) is 6.61 Å². The number of carbonyl (C=O) groups excluding carboxylic acids is 1. The topological polar surface area (TPSA) is 69.0 Å². The van der Waals surface area contributed by atoms with Crippen molar-refractivity contribution in [3.63, 3.8) is 0 Å². The first-order valence-corrected chi connectivity index (χ1v) is 10.9. The lowest BCUT2D eigenvalue weighted by atomic mass is 10.1. The normalized spacial score (nSPS) is 11.8. The predicted molar refractivity (Wildman–Crippen MR) is 122 cm³/mol. The van der Waals surface area contributed by atoms with Gasteiger partial charge in [-0.1, -0.05) is 29.8 Å². The van der Waals surface area contributed by atoms with E-state index in [9.17, 15) is 4.79 Å². The standard InChI is InChI=1S/C24H24N4O2S/c1-16-4-10-21(11-5-16)30-14-22-26-18(3)23(31-22)24(29)27-17(2)19-6-8-20(9-7-19)28-13-12-25-15-28/h4-13,15,17H,14H2,1-3H3,(H,27,29)/t17-/m1/s1. The zero-order valence-electron chi connectivity index (χ0n) is 17.7. The molecule has 0 saturated carbocycles. The number of nitrogens with one attached hydrogen (secondary N) is 1. The fourth-order valence-electron chi connectivity index (χ4n) is 3.20. The zero-order chi connectivity index (χ0) is 21.8. The summed E-state index contributed by atoms with van der Waals surface area (Å²) in [6.07, 6.45) is 5.40. The number of amides is 1. The van der Waals surface area contributed by atoms with Crippen molar-refractivity contribution in [1.82, 2.24) is 19.9 Å². The quantitative estimate of drug-likeness (QED) is 0.445. The number of rotatable bonds is 7. The minimum absolute atomic E-state index is 0.122. The van der Waals surface area contributed by atoms with Crippen molar-refractivity contribution in [3.8, 4) is 11.4 Å². The SMILES string of the molecule is Cc1ccc(OCc2nc(C)c(C(=O)N[C@H](C)c3ccc(-n4ccnc4)cc3)s2)cc1. The molecule has 0 aliphatic carbocycles. The van der Waals surface area contributed by atoms with Gasteiger partial charge >= 0.3 is 0 Å². The maximum Gasteiger partial charge on any atom is 0.263 e. The van der Waals surface area contributed by atoms with Gasteiger partial charge in [0.15, 0.2) is 0 Å². The number of aromatic nitrogens is 3. The molecule has 0 radical (unpaired) electrons. The van der Waals surface area contributed by atoms with Gasteiger partial charge in [-0.3, -0.25) is 4.79 Å². The average Bonchev–Trinajstić information content (AvgIpc) is 3.43. The Morgan fingerprint density at radius 1 is 1.13 bits per heavy atom. The van der Waals surface area contributed by atoms with Crippen molar-refractivity contribution in [2.24, 2.45) is 0 Å². The summed E-state index contributed by atoms with van der Waals surface area (Å²) in [5, 5.41) is 3.85. The molecule has 0 saturated heterocycles. The van der Waals surface area contributed by atoms with E-state index in [0.717, 1.165) is 22.0 Å². The van der Waals surface area contributed by atoms with E-state index in [-0.39, 0.29) is 11.9 Å². The van der Waals surface area contributed by atoms with Crippen molar-refractivity contribution >= 4 is 17.2 Å². The van der Waals surface area contributed by atoms with Crippen molar-refractivity contribution in [2.75, 3.05) is 0 Å². The third kappa shape index (κ3) is 5.00. The van der Waals surface area contributed by atoms with Gasteiger partial charge in [-0.25, -0.2) is 9.97 Å². The number of thiazole rings is 1. The Bertz CT molecular complexity index is 1150. The van der Waals surface area contributed by atoms with Crippen molar-refractivity contribution in [1.29, 1.82) is 0 Å². The lowest BCUT2D eigenvalue weighted by Gasteiger charge is -2.14. The molecule has 0 unspecified atom stereocenters. The molecule has 158 valence electrons. The summed E-state index contributed by atoms with van der Waals surface area (Å²) in [6.45, 7) is 6.20. The number of aryl methyl sites for hydroxylation is 2. The fraction of sp³-hybridized carbons (Fsp3) is 0.208. The third-order valence-electron chi connectivity index (χ3n) is 4.97. The van der Waals surface area contributed by atoms with Crippen LogP contribution in [0.4, 0.5) is 0 Å². The van der Waals surface area contributed by atoms with Crippen LogP contribution in [0.3, 0.4) is 0 Å². The maximum atomic E-state index is 12.8. The highest BCUT2D eigenvalue weighted by molar-refractivity contribution is 7.13. The van der Waals surface area contributed by atoms with E-state index < -0.39 is 0 Å². The van der Waals surface area contributed by atoms with Crippen LogP contribution in [0.15, 0.2) is 67.3 Å². The second kappa shape index (κ2) is 9.14. The second-order valence-electron chi connectivity index (χ2n) is 7.38. The highest BCUT2D eigenvalue weighted by Crippen LogP contribution is 2.22. The lowest BCUT2D eigenvalue weighted by Crippen LogP contribution is -2.26. The molecule has 6 nitrogen and oxygen atoms in total. The minimum Gasteiger partial charge on any atom is -0.486 e. The highest BCUT2D eigenvalue weighted by Gasteiger charge is 2.18. The van der Waals surface area contributed by atoms with Gasteiger partial charge in [0.05, 0.1) is 18.1 Å². The van der Waals surface area contributed by atoms with E-state index in [0.29, 0.717) is 17.2 Å². The second-order valence-corrected chi connectivity index (χ2v) is 8.46. The van der Waals surface area contributed by atoms with Gasteiger partial charge in [-0.2, -0.15) is 0 Å². The molecule has 0 aliphatic heterocycles. The number of nitrogens with zero attached hydrogens (tertiary/aromatic N) is 3. The van der Waals surface area contributed by atoms with Crippen LogP contribution in [0.1, 0.15) is 44.5 Å². The Morgan fingerprint density at radius 3 is 2.55 bits per heavy atom. The largest absolute Gasteiger partial charge is 0.486 e. The average molecular weight is 433 g/mol. The number of imidazole rings is 1. The van der Waals surface area contributed by atoms with Gasteiger partial charge in [0.25, 0.3) is 5.91 Å². The van der Waals surface area contributed by atoms with Crippen molar-refractivity contribution < 1.29 is 9.53 Å². The van der Waals surface area contributed by atoms with E-state index in [1.807, 2.05) is 80.1 Å². The molecule has 1 N–H and O–H groups in total. The fourth-order valence-corrected chi connectivity index (χ4v) is 4.08. The molecule has 4 aromatic rings.